The smallest absolute Gasteiger partial charge is 0.162 e. The molecule has 2 aliphatic rings. The van der Waals surface area contributed by atoms with Gasteiger partial charge in [-0.25, -0.2) is 0 Å². The summed E-state index contributed by atoms with van der Waals surface area (Å²) in [4.78, 5) is 17.4. The molecular formula is C58H68N2O6. The van der Waals surface area contributed by atoms with Crippen LogP contribution in [-0.4, -0.2) is 84.4 Å². The van der Waals surface area contributed by atoms with Gasteiger partial charge < -0.3 is 34.6 Å². The second-order valence-electron chi connectivity index (χ2n) is 17.9. The summed E-state index contributed by atoms with van der Waals surface area (Å²) in [6.45, 7) is 5.67. The van der Waals surface area contributed by atoms with E-state index in [0.717, 1.165) is 129 Å². The molecule has 2 aliphatic heterocycles. The predicted octanol–water partition coefficient (Wildman–Crippen LogP) is 10.5. The quantitative estimate of drug-likeness (QED) is 0.0734. The zero-order valence-electron chi connectivity index (χ0n) is 38.8. The van der Waals surface area contributed by atoms with E-state index in [1.807, 2.05) is 170 Å². The van der Waals surface area contributed by atoms with Crippen molar-refractivity contribution in [1.82, 2.24) is 9.80 Å². The number of methoxy groups -OCH3 is 2. The van der Waals surface area contributed by atoms with E-state index < -0.39 is 17.3 Å². The van der Waals surface area contributed by atoms with Crippen LogP contribution < -0.4 is 9.47 Å². The lowest BCUT2D eigenvalue weighted by Crippen LogP contribution is -2.44. The van der Waals surface area contributed by atoms with Gasteiger partial charge in [-0.15, -0.1) is 0 Å². The van der Waals surface area contributed by atoms with E-state index in [2.05, 4.69) is 9.80 Å². The second-order valence-corrected chi connectivity index (χ2v) is 17.9. The molecular weight excluding hydrogens is 821 g/mol. The zero-order valence-corrected chi connectivity index (χ0v) is 38.8. The summed E-state index contributed by atoms with van der Waals surface area (Å²) in [5.74, 6) is 2.07. The van der Waals surface area contributed by atoms with Crippen LogP contribution in [0.1, 0.15) is 95.6 Å². The summed E-state index contributed by atoms with van der Waals surface area (Å²) in [5.41, 5.74) is 3.57. The molecule has 0 spiro atoms. The van der Waals surface area contributed by atoms with Crippen molar-refractivity contribution >= 4 is 5.78 Å². The number of Topliss-reactive ketones (excluding diaryl/α,β-unsaturated/α-hetero) is 1. The molecule has 0 aromatic heterocycles. The first-order chi connectivity index (χ1) is 32.2. The monoisotopic (exact) mass is 889 g/mol. The molecule has 3 N–H and O–H groups in total. The van der Waals surface area contributed by atoms with Crippen LogP contribution in [-0.2, 0) is 11.2 Å². The molecule has 1 atom stereocenters. The van der Waals surface area contributed by atoms with Crippen molar-refractivity contribution in [3.8, 4) is 11.5 Å². The Morgan fingerprint density at radius 1 is 0.530 bits per heavy atom. The summed E-state index contributed by atoms with van der Waals surface area (Å²) in [6.07, 6.45) is 6.36. The second kappa shape index (κ2) is 23.7. The van der Waals surface area contributed by atoms with Crippen molar-refractivity contribution in [3.63, 3.8) is 0 Å². The molecule has 0 saturated carbocycles. The molecule has 0 bridgehead atoms. The van der Waals surface area contributed by atoms with Crippen LogP contribution in [0.25, 0.3) is 0 Å². The average Bonchev–Trinajstić information content (AvgIpc) is 3.39. The Morgan fingerprint density at radius 3 is 1.24 bits per heavy atom. The first-order valence-electron chi connectivity index (χ1n) is 23.8. The van der Waals surface area contributed by atoms with Crippen molar-refractivity contribution in [2.75, 3.05) is 53.5 Å². The number of likely N-dealkylation sites (tertiary alicyclic amines) is 2. The Morgan fingerprint density at radius 2 is 0.879 bits per heavy atom. The van der Waals surface area contributed by atoms with Crippen LogP contribution in [0.15, 0.2) is 170 Å². The predicted molar refractivity (Wildman–Crippen MR) is 264 cm³/mol. The molecule has 0 aliphatic carbocycles. The van der Waals surface area contributed by atoms with Gasteiger partial charge in [0.1, 0.15) is 22.7 Å². The number of piperidine rings is 2. The molecule has 8 heteroatoms. The third-order valence-corrected chi connectivity index (χ3v) is 14.0. The number of carbonyl (C=O) groups excluding carboxylic acids is 1. The fourth-order valence-electron chi connectivity index (χ4n) is 10.1. The number of aliphatic hydroxyl groups is 3. The van der Waals surface area contributed by atoms with E-state index in [0.29, 0.717) is 6.42 Å². The number of aliphatic hydroxyl groups excluding tert-OH is 1. The van der Waals surface area contributed by atoms with Crippen molar-refractivity contribution in [3.05, 3.63) is 203 Å². The number of ketones is 1. The molecule has 2 heterocycles. The largest absolute Gasteiger partial charge is 0.497 e. The maximum Gasteiger partial charge on any atom is 0.162 e. The normalized spacial score (nSPS) is 15.9. The summed E-state index contributed by atoms with van der Waals surface area (Å²) >= 11 is 0. The van der Waals surface area contributed by atoms with Gasteiger partial charge in [0.15, 0.2) is 5.78 Å². The number of carbonyl (C=O) groups is 1. The minimum absolute atomic E-state index is 0.152. The minimum atomic E-state index is -0.987. The van der Waals surface area contributed by atoms with Gasteiger partial charge >= 0.3 is 0 Å². The van der Waals surface area contributed by atoms with Gasteiger partial charge in [0.05, 0.1) is 20.3 Å². The fourth-order valence-corrected chi connectivity index (χ4v) is 10.1. The minimum Gasteiger partial charge on any atom is -0.497 e. The molecule has 0 amide bonds. The van der Waals surface area contributed by atoms with Gasteiger partial charge in [0.2, 0.25) is 0 Å². The molecule has 6 aromatic rings. The molecule has 6 aromatic carbocycles. The van der Waals surface area contributed by atoms with Gasteiger partial charge in [0.25, 0.3) is 0 Å². The van der Waals surface area contributed by atoms with Crippen LogP contribution in [0.2, 0.25) is 0 Å². The van der Waals surface area contributed by atoms with Gasteiger partial charge in [0, 0.05) is 12.0 Å². The maximum absolute atomic E-state index is 12.5. The number of benzene rings is 6. The highest BCUT2D eigenvalue weighted by atomic mass is 16.5. The first-order valence-corrected chi connectivity index (χ1v) is 23.8. The van der Waals surface area contributed by atoms with Crippen molar-refractivity contribution in [2.45, 2.75) is 68.7 Å². The third kappa shape index (κ3) is 12.0. The third-order valence-electron chi connectivity index (χ3n) is 14.0. The number of ether oxygens (including phenoxy) is 2. The number of rotatable bonds is 18. The van der Waals surface area contributed by atoms with Crippen LogP contribution in [0.5, 0.6) is 11.5 Å². The van der Waals surface area contributed by atoms with Crippen molar-refractivity contribution < 1.29 is 29.6 Å². The van der Waals surface area contributed by atoms with E-state index in [9.17, 15) is 20.1 Å². The van der Waals surface area contributed by atoms with E-state index in [1.165, 1.54) is 0 Å². The Hall–Kier alpha value is -5.61. The van der Waals surface area contributed by atoms with Crippen LogP contribution in [0.3, 0.4) is 0 Å². The van der Waals surface area contributed by atoms with E-state index in [-0.39, 0.29) is 17.6 Å². The van der Waals surface area contributed by atoms with Crippen LogP contribution in [0, 0.1) is 11.8 Å². The summed E-state index contributed by atoms with van der Waals surface area (Å²) in [5, 5.41) is 34.5. The zero-order chi connectivity index (χ0) is 46.2. The summed E-state index contributed by atoms with van der Waals surface area (Å²) in [7, 11) is 3.27. The Balaban J connectivity index is 0.000000196. The van der Waals surface area contributed by atoms with Gasteiger partial charge in [-0.1, -0.05) is 133 Å². The van der Waals surface area contributed by atoms with E-state index in [4.69, 9.17) is 9.47 Å². The fraction of sp³-hybridized carbons (Fsp3) is 0.362. The highest BCUT2D eigenvalue weighted by molar-refractivity contribution is 5.96. The van der Waals surface area contributed by atoms with E-state index in [1.54, 1.807) is 14.2 Å². The van der Waals surface area contributed by atoms with Crippen LogP contribution >= 0.6 is 0 Å². The first kappa shape index (κ1) is 48.3. The molecule has 346 valence electrons. The topological polar surface area (TPSA) is 103 Å². The summed E-state index contributed by atoms with van der Waals surface area (Å²) in [6, 6.07) is 55.3. The van der Waals surface area contributed by atoms with Crippen molar-refractivity contribution in [1.29, 1.82) is 0 Å². The molecule has 2 saturated heterocycles. The molecule has 8 rings (SSSR count). The molecule has 66 heavy (non-hydrogen) atoms. The highest BCUT2D eigenvalue weighted by Gasteiger charge is 2.42. The average molecular weight is 889 g/mol. The lowest BCUT2D eigenvalue weighted by Gasteiger charge is -2.42. The lowest BCUT2D eigenvalue weighted by atomic mass is 9.72. The number of hydrogen-bond acceptors (Lipinski definition) is 8. The molecule has 0 radical (unpaired) electrons. The molecule has 1 unspecified atom stereocenters. The van der Waals surface area contributed by atoms with Crippen molar-refractivity contribution in [2.24, 2.45) is 11.8 Å². The number of hydrogen-bond donors (Lipinski definition) is 3. The Kier molecular flexibility index (Phi) is 17.4. The highest BCUT2D eigenvalue weighted by Crippen LogP contribution is 2.43. The maximum atomic E-state index is 12.5. The molecule has 8 nitrogen and oxygen atoms in total. The standard InChI is InChI=1S/C29H35NO3.C29H33NO3/c2*1-33-27-16-14-23(15-17-27)28(31)13-8-20-30-21-18-26(19-22-30)29(32,24-9-4-2-5-10-24)25-11-6-3-7-12-25/h2-7,9-12,14-17,26,28,31-32H,8,13,18-22H2,1H3;2-7,9-12,14-17,26,32H,8,13,18-22H2,1H3. The molecule has 2 fully saturated rings. The van der Waals surface area contributed by atoms with E-state index >= 15 is 0 Å². The van der Waals surface area contributed by atoms with Gasteiger partial charge in [-0.2, -0.15) is 0 Å². The van der Waals surface area contributed by atoms with Gasteiger partial charge in [-0.05, 0) is 160 Å². The lowest BCUT2D eigenvalue weighted by molar-refractivity contribution is -0.0147. The Bertz CT molecular complexity index is 2230. The Labute approximate surface area is 392 Å². The van der Waals surface area contributed by atoms with Gasteiger partial charge in [-0.3, -0.25) is 4.79 Å². The SMILES string of the molecule is COc1ccc(C(=O)CCCN2CCC(C(O)(c3ccccc3)c3ccccc3)CC2)cc1.COc1ccc(C(O)CCCN2CCC(C(O)(c3ccccc3)c3ccccc3)CC2)cc1. The summed E-state index contributed by atoms with van der Waals surface area (Å²) < 4.78 is 10.4. The van der Waals surface area contributed by atoms with Crippen LogP contribution in [0.4, 0.5) is 0 Å². The number of nitrogens with zero attached hydrogens (tertiary/aromatic N) is 2.